The summed E-state index contributed by atoms with van der Waals surface area (Å²) in [6, 6.07) is -0.940. The maximum atomic E-state index is 11.8. The minimum Gasteiger partial charge on any atom is -0.480 e. The number of carboxylic acid groups (broad SMARTS) is 1. The second-order valence-corrected chi connectivity index (χ2v) is 6.88. The molecule has 1 aromatic rings. The zero-order valence-corrected chi connectivity index (χ0v) is 13.2. The van der Waals surface area contributed by atoms with Crippen LogP contribution in [-0.4, -0.2) is 41.2 Å². The number of carboxylic acids is 1. The van der Waals surface area contributed by atoms with Crippen LogP contribution in [0.1, 0.15) is 26.7 Å². The Balaban J connectivity index is 2.55. The Bertz CT molecular complexity index is 638. The SMILES string of the molecule is CC(C)CC(NC(=O)CCn1cc(S(N)(=O)=O)cn1)C(=O)O. The summed E-state index contributed by atoms with van der Waals surface area (Å²) in [4.78, 5) is 22.7. The Morgan fingerprint density at radius 3 is 2.55 bits per heavy atom. The van der Waals surface area contributed by atoms with Crippen molar-refractivity contribution in [2.75, 3.05) is 0 Å². The first-order valence-corrected chi connectivity index (χ1v) is 8.21. The van der Waals surface area contributed by atoms with Gasteiger partial charge in [0.15, 0.2) is 0 Å². The van der Waals surface area contributed by atoms with E-state index in [4.69, 9.17) is 10.2 Å². The lowest BCUT2D eigenvalue weighted by molar-refractivity contribution is -0.142. The Hall–Kier alpha value is -1.94. The van der Waals surface area contributed by atoms with Crippen LogP contribution in [0.4, 0.5) is 0 Å². The van der Waals surface area contributed by atoms with E-state index in [0.717, 1.165) is 6.20 Å². The molecule has 0 fully saturated rings. The minimum atomic E-state index is -3.83. The molecule has 0 aliphatic carbocycles. The number of rotatable bonds is 8. The molecule has 1 aromatic heterocycles. The van der Waals surface area contributed by atoms with Crippen LogP contribution < -0.4 is 10.5 Å². The fourth-order valence-corrected chi connectivity index (χ4v) is 2.25. The highest BCUT2D eigenvalue weighted by Gasteiger charge is 2.21. The fourth-order valence-electron chi connectivity index (χ4n) is 1.79. The van der Waals surface area contributed by atoms with Crippen molar-refractivity contribution in [3.05, 3.63) is 12.4 Å². The zero-order valence-electron chi connectivity index (χ0n) is 12.4. The van der Waals surface area contributed by atoms with Gasteiger partial charge in [-0.05, 0) is 12.3 Å². The number of nitrogens with zero attached hydrogens (tertiary/aromatic N) is 2. The molecule has 0 aliphatic heterocycles. The highest BCUT2D eigenvalue weighted by Crippen LogP contribution is 2.06. The second-order valence-electron chi connectivity index (χ2n) is 5.32. The van der Waals surface area contributed by atoms with Crippen LogP contribution in [0.15, 0.2) is 17.3 Å². The normalized spacial score (nSPS) is 13.1. The first-order valence-electron chi connectivity index (χ1n) is 6.67. The molecule has 1 heterocycles. The van der Waals surface area contributed by atoms with Gasteiger partial charge in [-0.25, -0.2) is 18.4 Å². The number of hydrogen-bond acceptors (Lipinski definition) is 5. The monoisotopic (exact) mass is 332 g/mol. The van der Waals surface area contributed by atoms with Crippen LogP contribution in [-0.2, 0) is 26.2 Å². The molecule has 4 N–H and O–H groups in total. The smallest absolute Gasteiger partial charge is 0.326 e. The molecule has 0 spiro atoms. The van der Waals surface area contributed by atoms with E-state index < -0.39 is 27.9 Å². The molecular formula is C12H20N4O5S. The molecule has 0 saturated carbocycles. The largest absolute Gasteiger partial charge is 0.480 e. The summed E-state index contributed by atoms with van der Waals surface area (Å²) in [5, 5.41) is 20.2. The van der Waals surface area contributed by atoms with Crippen molar-refractivity contribution in [1.82, 2.24) is 15.1 Å². The van der Waals surface area contributed by atoms with Gasteiger partial charge in [0, 0.05) is 19.2 Å². The van der Waals surface area contributed by atoms with Crippen molar-refractivity contribution in [1.29, 1.82) is 0 Å². The van der Waals surface area contributed by atoms with Gasteiger partial charge >= 0.3 is 5.97 Å². The van der Waals surface area contributed by atoms with Gasteiger partial charge < -0.3 is 10.4 Å². The zero-order chi connectivity index (χ0) is 16.9. The van der Waals surface area contributed by atoms with Gasteiger partial charge in [-0.15, -0.1) is 0 Å². The second kappa shape index (κ2) is 7.36. The van der Waals surface area contributed by atoms with Crippen molar-refractivity contribution >= 4 is 21.9 Å². The third kappa shape index (κ3) is 5.82. The van der Waals surface area contributed by atoms with E-state index in [2.05, 4.69) is 10.4 Å². The van der Waals surface area contributed by atoms with Gasteiger partial charge in [-0.1, -0.05) is 13.8 Å². The van der Waals surface area contributed by atoms with Crippen molar-refractivity contribution in [3.63, 3.8) is 0 Å². The van der Waals surface area contributed by atoms with E-state index in [1.807, 2.05) is 13.8 Å². The molecule has 0 radical (unpaired) electrons. The van der Waals surface area contributed by atoms with Crippen molar-refractivity contribution < 1.29 is 23.1 Å². The number of sulfonamides is 1. The summed E-state index contributed by atoms with van der Waals surface area (Å²) < 4.78 is 23.4. The quantitative estimate of drug-likeness (QED) is 0.587. The average molecular weight is 332 g/mol. The van der Waals surface area contributed by atoms with E-state index in [1.165, 1.54) is 10.9 Å². The number of nitrogens with one attached hydrogen (secondary N) is 1. The first-order chi connectivity index (χ1) is 10.1. The van der Waals surface area contributed by atoms with Crippen molar-refractivity contribution in [2.45, 2.75) is 44.2 Å². The molecule has 1 unspecified atom stereocenters. The van der Waals surface area contributed by atoms with Crippen LogP contribution in [0.5, 0.6) is 0 Å². The lowest BCUT2D eigenvalue weighted by atomic mass is 10.0. The molecule has 0 aromatic carbocycles. The molecule has 9 nitrogen and oxygen atoms in total. The van der Waals surface area contributed by atoms with E-state index >= 15 is 0 Å². The number of hydrogen-bond donors (Lipinski definition) is 3. The lowest BCUT2D eigenvalue weighted by Crippen LogP contribution is -2.41. The predicted octanol–water partition coefficient (Wildman–Crippen LogP) is -0.464. The summed E-state index contributed by atoms with van der Waals surface area (Å²) in [7, 11) is -3.83. The third-order valence-electron chi connectivity index (χ3n) is 2.85. The Kier molecular flexibility index (Phi) is 6.06. The molecule has 10 heteroatoms. The summed E-state index contributed by atoms with van der Waals surface area (Å²) in [6.07, 6.45) is 2.61. The number of amides is 1. The highest BCUT2D eigenvalue weighted by molar-refractivity contribution is 7.89. The molecule has 1 atom stereocenters. The van der Waals surface area contributed by atoms with Crippen molar-refractivity contribution in [2.24, 2.45) is 11.1 Å². The minimum absolute atomic E-state index is 0.0202. The summed E-state index contributed by atoms with van der Waals surface area (Å²) in [5.74, 6) is -1.40. The Morgan fingerprint density at radius 2 is 2.09 bits per heavy atom. The number of carbonyl (C=O) groups is 2. The van der Waals surface area contributed by atoms with E-state index in [9.17, 15) is 18.0 Å². The van der Waals surface area contributed by atoms with Gasteiger partial charge in [0.25, 0.3) is 0 Å². The third-order valence-corrected chi connectivity index (χ3v) is 3.71. The van der Waals surface area contributed by atoms with Gasteiger partial charge in [-0.3, -0.25) is 9.48 Å². The molecule has 0 aliphatic rings. The summed E-state index contributed by atoms with van der Waals surface area (Å²) >= 11 is 0. The van der Waals surface area contributed by atoms with Gasteiger partial charge in [-0.2, -0.15) is 5.10 Å². The average Bonchev–Trinajstić information content (AvgIpc) is 2.83. The van der Waals surface area contributed by atoms with Crippen molar-refractivity contribution in [3.8, 4) is 0 Å². The number of aromatic nitrogens is 2. The van der Waals surface area contributed by atoms with Crippen LogP contribution in [0.2, 0.25) is 0 Å². The maximum absolute atomic E-state index is 11.8. The predicted molar refractivity (Wildman–Crippen MR) is 77.2 cm³/mol. The topological polar surface area (TPSA) is 144 Å². The molecule has 124 valence electrons. The molecule has 22 heavy (non-hydrogen) atoms. The van der Waals surface area contributed by atoms with E-state index in [1.54, 1.807) is 0 Å². The maximum Gasteiger partial charge on any atom is 0.326 e. The van der Waals surface area contributed by atoms with Crippen LogP contribution >= 0.6 is 0 Å². The van der Waals surface area contributed by atoms with Crippen LogP contribution in [0.3, 0.4) is 0 Å². The molecule has 0 bridgehead atoms. The highest BCUT2D eigenvalue weighted by atomic mass is 32.2. The standard InChI is InChI=1S/C12H20N4O5S/c1-8(2)5-10(12(18)19)15-11(17)3-4-16-7-9(6-14-16)22(13,20)21/h6-8,10H,3-5H2,1-2H3,(H,15,17)(H,18,19)(H2,13,20,21). The van der Waals surface area contributed by atoms with Gasteiger partial charge in [0.1, 0.15) is 10.9 Å². The first kappa shape index (κ1) is 18.1. The Labute approximate surface area is 128 Å². The molecular weight excluding hydrogens is 312 g/mol. The number of aryl methyl sites for hydroxylation is 1. The number of aliphatic carboxylic acids is 1. The van der Waals surface area contributed by atoms with Crippen LogP contribution in [0.25, 0.3) is 0 Å². The van der Waals surface area contributed by atoms with E-state index in [0.29, 0.717) is 6.42 Å². The summed E-state index contributed by atoms with van der Waals surface area (Å²) in [6.45, 7) is 3.84. The lowest BCUT2D eigenvalue weighted by Gasteiger charge is -2.16. The fraction of sp³-hybridized carbons (Fsp3) is 0.583. The molecule has 1 amide bonds. The number of nitrogens with two attached hydrogens (primary N) is 1. The molecule has 1 rings (SSSR count). The number of carbonyl (C=O) groups excluding carboxylic acids is 1. The summed E-state index contributed by atoms with van der Waals surface area (Å²) in [5.41, 5.74) is 0. The van der Waals surface area contributed by atoms with E-state index in [-0.39, 0.29) is 23.8 Å². The van der Waals surface area contributed by atoms with Gasteiger partial charge in [0.2, 0.25) is 15.9 Å². The van der Waals surface area contributed by atoms with Crippen LogP contribution in [0, 0.1) is 5.92 Å². The number of primary sulfonamides is 1. The Morgan fingerprint density at radius 1 is 1.45 bits per heavy atom. The molecule has 0 saturated heterocycles. The van der Waals surface area contributed by atoms with Gasteiger partial charge in [0.05, 0.1) is 6.20 Å².